The summed E-state index contributed by atoms with van der Waals surface area (Å²) in [5.41, 5.74) is 3.42. The molecule has 0 aliphatic carbocycles. The van der Waals surface area contributed by atoms with Crippen LogP contribution in [0.4, 0.5) is 26.3 Å². The summed E-state index contributed by atoms with van der Waals surface area (Å²) in [5.74, 6) is -7.42. The maximum Gasteiger partial charge on any atom is 0.397 e. The third kappa shape index (κ3) is 2.29. The molecule has 0 bridgehead atoms. The maximum atomic E-state index is 13.1. The summed E-state index contributed by atoms with van der Waals surface area (Å²) in [6.07, 6.45) is -4.93. The first-order valence-electron chi connectivity index (χ1n) is 4.19. The molecule has 0 heterocycles. The van der Waals surface area contributed by atoms with Gasteiger partial charge in [-0.05, 0) is 12.1 Å². The molecule has 1 nitrogen and oxygen atoms in total. The lowest BCUT2D eigenvalue weighted by Gasteiger charge is -2.19. The van der Waals surface area contributed by atoms with Crippen LogP contribution in [0.3, 0.4) is 0 Å². The second-order valence-corrected chi connectivity index (χ2v) is 3.09. The molecule has 0 radical (unpaired) electrons. The standard InChI is InChI=1S/C9H7F6N/c10-5-1-2-6(11)8(12)7(5)4(3-16)9(13,14)15/h1-2,4H,3,16H2. The minimum Gasteiger partial charge on any atom is -0.330 e. The van der Waals surface area contributed by atoms with Gasteiger partial charge in [0, 0.05) is 12.1 Å². The van der Waals surface area contributed by atoms with E-state index in [0.717, 1.165) is 0 Å². The van der Waals surface area contributed by atoms with E-state index < -0.39 is 41.7 Å². The van der Waals surface area contributed by atoms with Crippen molar-refractivity contribution in [2.45, 2.75) is 12.1 Å². The Morgan fingerprint density at radius 2 is 1.56 bits per heavy atom. The Morgan fingerprint density at radius 1 is 1.06 bits per heavy atom. The molecule has 7 heteroatoms. The number of nitrogens with two attached hydrogens (primary N) is 1. The van der Waals surface area contributed by atoms with Crippen LogP contribution in [0.1, 0.15) is 11.5 Å². The van der Waals surface area contributed by atoms with E-state index in [1.54, 1.807) is 0 Å². The van der Waals surface area contributed by atoms with Gasteiger partial charge in [-0.3, -0.25) is 0 Å². The molecule has 1 rings (SSSR count). The second-order valence-electron chi connectivity index (χ2n) is 3.09. The van der Waals surface area contributed by atoms with Crippen molar-refractivity contribution in [3.05, 3.63) is 35.1 Å². The molecule has 1 atom stereocenters. The molecular weight excluding hydrogens is 236 g/mol. The Balaban J connectivity index is 3.36. The van der Waals surface area contributed by atoms with Crippen molar-refractivity contribution in [2.24, 2.45) is 5.73 Å². The zero-order valence-electron chi connectivity index (χ0n) is 7.78. The summed E-state index contributed by atoms with van der Waals surface area (Å²) in [6, 6.07) is 0.847. The Kier molecular flexibility index (Phi) is 3.47. The van der Waals surface area contributed by atoms with Crippen molar-refractivity contribution in [1.82, 2.24) is 0 Å². The van der Waals surface area contributed by atoms with Gasteiger partial charge < -0.3 is 5.73 Å². The van der Waals surface area contributed by atoms with E-state index in [0.29, 0.717) is 12.1 Å². The number of benzene rings is 1. The van der Waals surface area contributed by atoms with Crippen molar-refractivity contribution in [3.8, 4) is 0 Å². The average Bonchev–Trinajstić information content (AvgIpc) is 2.16. The van der Waals surface area contributed by atoms with Crippen molar-refractivity contribution in [3.63, 3.8) is 0 Å². The lowest BCUT2D eigenvalue weighted by atomic mass is 9.97. The minimum atomic E-state index is -4.93. The highest BCUT2D eigenvalue weighted by molar-refractivity contribution is 5.26. The summed E-state index contributed by atoms with van der Waals surface area (Å²) < 4.78 is 75.9. The highest BCUT2D eigenvalue weighted by Gasteiger charge is 2.43. The molecule has 2 N–H and O–H groups in total. The molecule has 0 saturated carbocycles. The topological polar surface area (TPSA) is 26.0 Å². The van der Waals surface area contributed by atoms with E-state index >= 15 is 0 Å². The normalized spacial score (nSPS) is 13.9. The van der Waals surface area contributed by atoms with Crippen LogP contribution in [0.25, 0.3) is 0 Å². The summed E-state index contributed by atoms with van der Waals surface area (Å²) >= 11 is 0. The van der Waals surface area contributed by atoms with Gasteiger partial charge in [-0.2, -0.15) is 13.2 Å². The lowest BCUT2D eigenvalue weighted by Crippen LogP contribution is -2.30. The van der Waals surface area contributed by atoms with Crippen LogP contribution in [-0.4, -0.2) is 12.7 Å². The van der Waals surface area contributed by atoms with E-state index in [9.17, 15) is 26.3 Å². The lowest BCUT2D eigenvalue weighted by molar-refractivity contribution is -0.149. The van der Waals surface area contributed by atoms with E-state index in [1.165, 1.54) is 0 Å². The zero-order valence-corrected chi connectivity index (χ0v) is 7.78. The van der Waals surface area contributed by atoms with Crippen LogP contribution in [0.15, 0.2) is 12.1 Å². The van der Waals surface area contributed by atoms with E-state index in [1.807, 2.05) is 0 Å². The Bertz CT molecular complexity index is 386. The second kappa shape index (κ2) is 4.32. The molecule has 1 unspecified atom stereocenters. The molecule has 0 aliphatic rings. The van der Waals surface area contributed by atoms with Crippen LogP contribution >= 0.6 is 0 Å². The zero-order chi connectivity index (χ0) is 12.5. The van der Waals surface area contributed by atoms with E-state index in [2.05, 4.69) is 0 Å². The van der Waals surface area contributed by atoms with Crippen molar-refractivity contribution in [2.75, 3.05) is 6.54 Å². The molecule has 0 fully saturated rings. The third-order valence-corrected chi connectivity index (χ3v) is 2.06. The number of alkyl halides is 3. The minimum absolute atomic E-state index is 0.415. The third-order valence-electron chi connectivity index (χ3n) is 2.06. The highest BCUT2D eigenvalue weighted by atomic mass is 19.4. The fourth-order valence-electron chi connectivity index (χ4n) is 1.28. The average molecular weight is 243 g/mol. The molecule has 0 spiro atoms. The fraction of sp³-hybridized carbons (Fsp3) is 0.333. The van der Waals surface area contributed by atoms with Crippen LogP contribution in [0.5, 0.6) is 0 Å². The number of hydrogen-bond acceptors (Lipinski definition) is 1. The van der Waals surface area contributed by atoms with E-state index in [4.69, 9.17) is 5.73 Å². The van der Waals surface area contributed by atoms with Gasteiger partial charge in [-0.25, -0.2) is 13.2 Å². The smallest absolute Gasteiger partial charge is 0.330 e. The molecular formula is C9H7F6N. The summed E-state index contributed by atoms with van der Waals surface area (Å²) in [6.45, 7) is -1.05. The first kappa shape index (κ1) is 12.8. The van der Waals surface area contributed by atoms with Crippen LogP contribution in [0, 0.1) is 17.5 Å². The van der Waals surface area contributed by atoms with Gasteiger partial charge >= 0.3 is 6.18 Å². The molecule has 16 heavy (non-hydrogen) atoms. The van der Waals surface area contributed by atoms with Crippen molar-refractivity contribution >= 4 is 0 Å². The van der Waals surface area contributed by atoms with Gasteiger partial charge in [0.15, 0.2) is 11.6 Å². The van der Waals surface area contributed by atoms with Crippen LogP contribution in [-0.2, 0) is 0 Å². The molecule has 90 valence electrons. The molecule has 0 amide bonds. The molecule has 0 saturated heterocycles. The molecule has 0 aromatic heterocycles. The quantitative estimate of drug-likeness (QED) is 0.627. The van der Waals surface area contributed by atoms with Crippen molar-refractivity contribution in [1.29, 1.82) is 0 Å². The number of rotatable bonds is 2. The van der Waals surface area contributed by atoms with Gasteiger partial charge in [0.25, 0.3) is 0 Å². The molecule has 0 aliphatic heterocycles. The first-order valence-corrected chi connectivity index (χ1v) is 4.19. The predicted molar refractivity (Wildman–Crippen MR) is 44.2 cm³/mol. The highest BCUT2D eigenvalue weighted by Crippen LogP contribution is 2.36. The predicted octanol–water partition coefficient (Wildman–Crippen LogP) is 2.71. The van der Waals surface area contributed by atoms with Gasteiger partial charge in [-0.15, -0.1) is 0 Å². The van der Waals surface area contributed by atoms with Gasteiger partial charge in [0.2, 0.25) is 0 Å². The monoisotopic (exact) mass is 243 g/mol. The molecule has 1 aromatic rings. The van der Waals surface area contributed by atoms with Gasteiger partial charge in [-0.1, -0.05) is 0 Å². The van der Waals surface area contributed by atoms with Gasteiger partial charge in [0.05, 0.1) is 5.92 Å². The number of hydrogen-bond donors (Lipinski definition) is 1. The SMILES string of the molecule is NCC(c1c(F)ccc(F)c1F)C(F)(F)F. The van der Waals surface area contributed by atoms with E-state index in [-0.39, 0.29) is 0 Å². The van der Waals surface area contributed by atoms with Crippen LogP contribution in [0.2, 0.25) is 0 Å². The van der Waals surface area contributed by atoms with Gasteiger partial charge in [0.1, 0.15) is 5.82 Å². The summed E-state index contributed by atoms with van der Waals surface area (Å²) in [5, 5.41) is 0. The van der Waals surface area contributed by atoms with Crippen molar-refractivity contribution < 1.29 is 26.3 Å². The maximum absolute atomic E-state index is 13.1. The largest absolute Gasteiger partial charge is 0.397 e. The van der Waals surface area contributed by atoms with Crippen LogP contribution < -0.4 is 5.73 Å². The summed E-state index contributed by atoms with van der Waals surface area (Å²) in [4.78, 5) is 0. The Morgan fingerprint density at radius 3 is 2.00 bits per heavy atom. The number of halogens is 6. The first-order chi connectivity index (χ1) is 7.29. The fourth-order valence-corrected chi connectivity index (χ4v) is 1.28. The summed E-state index contributed by atoms with van der Waals surface area (Å²) in [7, 11) is 0. The molecule has 1 aromatic carbocycles. The Hall–Kier alpha value is -1.24. The Labute approximate surface area is 86.9 Å².